The average Bonchev–Trinajstić information content (AvgIpc) is 2.80. The van der Waals surface area contributed by atoms with Gasteiger partial charge in [0, 0.05) is 0 Å². The summed E-state index contributed by atoms with van der Waals surface area (Å²) in [6.45, 7) is 0. The van der Waals surface area contributed by atoms with E-state index in [9.17, 15) is 10.2 Å². The number of hydrogen-bond acceptors (Lipinski definition) is 2. The predicted octanol–water partition coefficient (Wildman–Crippen LogP) is 7.19. The summed E-state index contributed by atoms with van der Waals surface area (Å²) in [6.07, 6.45) is 14.3. The van der Waals surface area contributed by atoms with Gasteiger partial charge in [-0.05, 0) is 158 Å². The van der Waals surface area contributed by atoms with Crippen molar-refractivity contribution in [1.82, 2.24) is 0 Å². The van der Waals surface area contributed by atoms with Gasteiger partial charge >= 0.3 is 0 Å². The molecule has 8 aliphatic rings. The molecule has 2 nitrogen and oxygen atoms in total. The summed E-state index contributed by atoms with van der Waals surface area (Å²) >= 11 is 0. The Morgan fingerprint density at radius 2 is 0.794 bits per heavy atom. The standard InChI is InChI=1S/C32H38O2/c33-27-5-1-25(2-6-27)31-15-19-9-20(16-31)12-23(11-19)29(31)30-24-13-21-10-22(14-24)18-32(30,17-21)26-3-7-28(34)8-4-26/h1-8,19-24,29-30,33-34H,9-18H2. The number of fused-ring (bicyclic) bond motifs is 1. The van der Waals surface area contributed by atoms with Crippen LogP contribution in [-0.4, -0.2) is 10.2 Å². The molecule has 10 rings (SSSR count). The molecule has 6 unspecified atom stereocenters. The SMILES string of the molecule is Oc1ccc(C23CC4CC(CC(C4)C2C2C4CC5CC(C4)CC2(c2ccc(O)cc2)C5)C3)cc1. The molecule has 8 bridgehead atoms. The van der Waals surface area contributed by atoms with Crippen molar-refractivity contribution in [1.29, 1.82) is 0 Å². The van der Waals surface area contributed by atoms with E-state index in [2.05, 4.69) is 24.3 Å². The first kappa shape index (κ1) is 20.3. The van der Waals surface area contributed by atoms with E-state index in [-0.39, 0.29) is 0 Å². The van der Waals surface area contributed by atoms with E-state index in [1.54, 1.807) is 0 Å². The van der Waals surface area contributed by atoms with Gasteiger partial charge in [-0.1, -0.05) is 24.3 Å². The van der Waals surface area contributed by atoms with Crippen LogP contribution >= 0.6 is 0 Å². The molecule has 8 fully saturated rings. The molecule has 0 spiro atoms. The quantitative estimate of drug-likeness (QED) is 0.515. The van der Waals surface area contributed by atoms with E-state index < -0.39 is 0 Å². The van der Waals surface area contributed by atoms with Gasteiger partial charge in [-0.3, -0.25) is 0 Å². The largest absolute Gasteiger partial charge is 0.508 e. The zero-order chi connectivity index (χ0) is 22.7. The van der Waals surface area contributed by atoms with Crippen LogP contribution in [0.2, 0.25) is 0 Å². The predicted molar refractivity (Wildman–Crippen MR) is 134 cm³/mol. The van der Waals surface area contributed by atoms with E-state index in [1.165, 1.54) is 75.3 Å². The number of phenols is 2. The van der Waals surface area contributed by atoms with Crippen LogP contribution in [-0.2, 0) is 10.8 Å². The lowest BCUT2D eigenvalue weighted by Crippen LogP contribution is -2.65. The molecule has 0 aromatic heterocycles. The number of benzene rings is 2. The van der Waals surface area contributed by atoms with Crippen LogP contribution in [0.1, 0.15) is 75.3 Å². The van der Waals surface area contributed by atoms with E-state index in [0.717, 1.165) is 47.3 Å². The summed E-state index contributed by atoms with van der Waals surface area (Å²) < 4.78 is 0. The van der Waals surface area contributed by atoms with Crippen molar-refractivity contribution in [3.8, 4) is 11.5 Å². The number of rotatable bonds is 3. The van der Waals surface area contributed by atoms with Crippen LogP contribution in [0, 0.1) is 47.3 Å². The van der Waals surface area contributed by atoms with Crippen molar-refractivity contribution in [3.63, 3.8) is 0 Å². The minimum Gasteiger partial charge on any atom is -0.508 e. The molecule has 0 saturated heterocycles. The highest BCUT2D eigenvalue weighted by Crippen LogP contribution is 2.73. The van der Waals surface area contributed by atoms with Crippen LogP contribution in [0.4, 0.5) is 0 Å². The molecule has 8 saturated carbocycles. The van der Waals surface area contributed by atoms with Gasteiger partial charge in [0.1, 0.15) is 11.5 Å². The fourth-order valence-electron chi connectivity index (χ4n) is 11.9. The van der Waals surface area contributed by atoms with E-state index in [1.807, 2.05) is 24.3 Å². The smallest absolute Gasteiger partial charge is 0.115 e. The maximum Gasteiger partial charge on any atom is 0.115 e. The van der Waals surface area contributed by atoms with E-state index in [4.69, 9.17) is 0 Å². The maximum absolute atomic E-state index is 10.1. The third-order valence-corrected chi connectivity index (χ3v) is 12.1. The third-order valence-electron chi connectivity index (χ3n) is 12.1. The minimum atomic E-state index is 0.298. The number of aromatic hydroxyl groups is 2. The van der Waals surface area contributed by atoms with Gasteiger partial charge in [-0.2, -0.15) is 0 Å². The Labute approximate surface area is 203 Å². The van der Waals surface area contributed by atoms with E-state index >= 15 is 0 Å². The Bertz CT molecular complexity index is 983. The lowest BCUT2D eigenvalue weighted by atomic mass is 9.33. The first-order chi connectivity index (χ1) is 16.5. The zero-order valence-electron chi connectivity index (χ0n) is 20.2. The second-order valence-electron chi connectivity index (χ2n) is 13.7. The van der Waals surface area contributed by atoms with Crippen molar-refractivity contribution >= 4 is 0 Å². The summed E-state index contributed by atoms with van der Waals surface area (Å²) in [5.41, 5.74) is 3.66. The van der Waals surface area contributed by atoms with E-state index in [0.29, 0.717) is 22.3 Å². The molecule has 6 atom stereocenters. The second kappa shape index (κ2) is 6.83. The van der Waals surface area contributed by atoms with Gasteiger partial charge in [-0.15, -0.1) is 0 Å². The zero-order valence-corrected chi connectivity index (χ0v) is 20.2. The van der Waals surface area contributed by atoms with Gasteiger partial charge in [0.15, 0.2) is 0 Å². The highest BCUT2D eigenvalue weighted by atomic mass is 16.3. The topological polar surface area (TPSA) is 40.5 Å². The van der Waals surface area contributed by atoms with Gasteiger partial charge in [-0.25, -0.2) is 0 Å². The fraction of sp³-hybridized carbons (Fsp3) is 0.625. The second-order valence-corrected chi connectivity index (χ2v) is 13.7. The van der Waals surface area contributed by atoms with Crippen LogP contribution in [0.5, 0.6) is 11.5 Å². The van der Waals surface area contributed by atoms with Gasteiger partial charge in [0.2, 0.25) is 0 Å². The van der Waals surface area contributed by atoms with Gasteiger partial charge in [0.25, 0.3) is 0 Å². The third kappa shape index (κ3) is 2.64. The summed E-state index contributed by atoms with van der Waals surface area (Å²) in [5, 5.41) is 20.2. The van der Waals surface area contributed by atoms with Crippen LogP contribution < -0.4 is 0 Å². The summed E-state index contributed by atoms with van der Waals surface area (Å²) in [5.74, 6) is 7.71. The molecule has 0 amide bonds. The Morgan fingerprint density at radius 3 is 1.12 bits per heavy atom. The lowest BCUT2D eigenvalue weighted by Gasteiger charge is -2.71. The van der Waals surface area contributed by atoms with Crippen molar-refractivity contribution in [3.05, 3.63) is 59.7 Å². The number of phenolic OH excluding ortho intramolecular Hbond substituents is 2. The van der Waals surface area contributed by atoms with Crippen LogP contribution in [0.15, 0.2) is 48.5 Å². The summed E-state index contributed by atoms with van der Waals surface area (Å²) in [7, 11) is 0. The average molecular weight is 455 g/mol. The summed E-state index contributed by atoms with van der Waals surface area (Å²) in [4.78, 5) is 0. The molecule has 0 radical (unpaired) electrons. The number of hydrogen-bond donors (Lipinski definition) is 2. The lowest BCUT2D eigenvalue weighted by molar-refractivity contribution is -0.163. The Hall–Kier alpha value is -1.96. The van der Waals surface area contributed by atoms with Gasteiger partial charge in [0.05, 0.1) is 0 Å². The highest BCUT2D eigenvalue weighted by molar-refractivity contribution is 5.40. The molecule has 0 aliphatic heterocycles. The molecule has 8 aliphatic carbocycles. The van der Waals surface area contributed by atoms with Crippen molar-refractivity contribution in [2.45, 2.75) is 75.0 Å². The normalized spacial score (nSPS) is 47.9. The molecular formula is C32H38O2. The maximum atomic E-state index is 10.1. The Morgan fingerprint density at radius 1 is 0.471 bits per heavy atom. The monoisotopic (exact) mass is 454 g/mol. The molecule has 0 heterocycles. The van der Waals surface area contributed by atoms with Crippen LogP contribution in [0.3, 0.4) is 0 Å². The Kier molecular flexibility index (Phi) is 4.07. The molecule has 2 aromatic carbocycles. The molecule has 2 heteroatoms. The Balaban J connectivity index is 1.31. The fourth-order valence-corrected chi connectivity index (χ4v) is 11.9. The molecular weight excluding hydrogens is 416 g/mol. The summed E-state index contributed by atoms with van der Waals surface area (Å²) in [6, 6.07) is 17.0. The van der Waals surface area contributed by atoms with Gasteiger partial charge < -0.3 is 10.2 Å². The first-order valence-electron chi connectivity index (χ1n) is 14.1. The minimum absolute atomic E-state index is 0.298. The van der Waals surface area contributed by atoms with Crippen molar-refractivity contribution in [2.75, 3.05) is 0 Å². The molecule has 2 N–H and O–H groups in total. The first-order valence-corrected chi connectivity index (χ1v) is 14.1. The van der Waals surface area contributed by atoms with Crippen molar-refractivity contribution in [2.24, 2.45) is 47.3 Å². The molecule has 2 aromatic rings. The van der Waals surface area contributed by atoms with Crippen LogP contribution in [0.25, 0.3) is 0 Å². The highest BCUT2D eigenvalue weighted by Gasteiger charge is 2.67. The molecule has 178 valence electrons. The van der Waals surface area contributed by atoms with Crippen molar-refractivity contribution < 1.29 is 10.2 Å². The molecule has 34 heavy (non-hydrogen) atoms.